The summed E-state index contributed by atoms with van der Waals surface area (Å²) in [5.74, 6) is -1.39. The van der Waals surface area contributed by atoms with Crippen molar-refractivity contribution in [2.45, 2.75) is 103 Å². The highest BCUT2D eigenvalue weighted by atomic mass is 16.8. The predicted octanol–water partition coefficient (Wildman–Crippen LogP) is 2.00. The number of nitrogens with zero attached hydrogens (tertiary/aromatic N) is 1. The summed E-state index contributed by atoms with van der Waals surface area (Å²) in [6, 6.07) is -1.17. The Balaban J connectivity index is 1.42. The van der Waals surface area contributed by atoms with E-state index in [-0.39, 0.29) is 24.5 Å². The van der Waals surface area contributed by atoms with Crippen LogP contribution in [0.25, 0.3) is 0 Å². The number of carbonyl (C=O) groups excluding carboxylic acids is 5. The van der Waals surface area contributed by atoms with E-state index in [2.05, 4.69) is 16.0 Å². The molecule has 226 valence electrons. The number of piperidine rings is 2. The first kappa shape index (κ1) is 31.6. The SMILES string of the molecule is CC(=O)N[C@@H](CNC(=O)[C@@H]1CCCN(C(=O)CCC2CCNCC2)C1)C(=O)OC(C)OC(=O)OC1CCCCC1. The molecule has 3 fully saturated rings. The molecule has 3 N–H and O–H groups in total. The van der Waals surface area contributed by atoms with Crippen molar-refractivity contribution in [2.75, 3.05) is 32.7 Å². The molecule has 40 heavy (non-hydrogen) atoms. The summed E-state index contributed by atoms with van der Waals surface area (Å²) in [6.07, 6.45) is 7.18. The number of ether oxygens (including phenoxy) is 3. The van der Waals surface area contributed by atoms with Crippen molar-refractivity contribution in [3.8, 4) is 0 Å². The molecule has 2 saturated heterocycles. The van der Waals surface area contributed by atoms with Crippen molar-refractivity contribution in [1.29, 1.82) is 0 Å². The molecule has 1 unspecified atom stereocenters. The number of rotatable bonds is 11. The van der Waals surface area contributed by atoms with Gasteiger partial charge in [-0.05, 0) is 76.8 Å². The molecule has 3 atom stereocenters. The molecule has 0 aromatic heterocycles. The van der Waals surface area contributed by atoms with Crippen LogP contribution in [-0.2, 0) is 33.4 Å². The van der Waals surface area contributed by atoms with Crippen LogP contribution in [0.3, 0.4) is 0 Å². The number of hydrogen-bond acceptors (Lipinski definition) is 9. The van der Waals surface area contributed by atoms with E-state index in [0.29, 0.717) is 31.8 Å². The van der Waals surface area contributed by atoms with E-state index in [9.17, 15) is 24.0 Å². The van der Waals surface area contributed by atoms with Crippen LogP contribution in [0.1, 0.15) is 84.5 Å². The van der Waals surface area contributed by atoms with Gasteiger partial charge in [-0.2, -0.15) is 0 Å². The van der Waals surface area contributed by atoms with Crippen LogP contribution in [0.4, 0.5) is 4.79 Å². The summed E-state index contributed by atoms with van der Waals surface area (Å²) >= 11 is 0. The quantitative estimate of drug-likeness (QED) is 0.252. The van der Waals surface area contributed by atoms with Crippen molar-refractivity contribution >= 4 is 29.8 Å². The summed E-state index contributed by atoms with van der Waals surface area (Å²) in [5, 5.41) is 8.52. The Bertz CT molecular complexity index is 872. The average Bonchev–Trinajstić information content (AvgIpc) is 2.94. The maximum absolute atomic E-state index is 12.9. The highest BCUT2D eigenvalue weighted by Crippen LogP contribution is 2.22. The van der Waals surface area contributed by atoms with Crippen molar-refractivity contribution < 1.29 is 38.2 Å². The molecule has 12 heteroatoms. The third kappa shape index (κ3) is 10.9. The van der Waals surface area contributed by atoms with E-state index >= 15 is 0 Å². The number of hydrogen-bond donors (Lipinski definition) is 3. The highest BCUT2D eigenvalue weighted by Gasteiger charge is 2.31. The molecule has 1 aliphatic carbocycles. The topological polar surface area (TPSA) is 152 Å². The second-order valence-electron chi connectivity index (χ2n) is 11.2. The minimum atomic E-state index is -1.24. The minimum Gasteiger partial charge on any atom is -0.431 e. The maximum Gasteiger partial charge on any atom is 0.511 e. The Hall–Kier alpha value is -2.89. The maximum atomic E-state index is 12.9. The molecule has 12 nitrogen and oxygen atoms in total. The standard InChI is InChI=1S/C28H46N4O8/c1-19(33)31-24(27(36)38-20(2)39-28(37)40-23-8-4-3-5-9-23)17-30-26(35)22-7-6-16-32(18-22)25(34)11-10-21-12-14-29-15-13-21/h20-24,29H,3-18H2,1-2H3,(H,30,35)(H,31,33)/t20?,22-,24+/m1/s1. The summed E-state index contributed by atoms with van der Waals surface area (Å²) in [6.45, 7) is 5.39. The molecule has 3 amide bonds. The second kappa shape index (κ2) is 16.4. The van der Waals surface area contributed by atoms with Gasteiger partial charge in [0.1, 0.15) is 12.1 Å². The van der Waals surface area contributed by atoms with Crippen LogP contribution >= 0.6 is 0 Å². The van der Waals surface area contributed by atoms with Crippen LogP contribution in [0.5, 0.6) is 0 Å². The molecule has 0 aromatic rings. The molecule has 3 rings (SSSR count). The fourth-order valence-corrected chi connectivity index (χ4v) is 5.61. The second-order valence-corrected chi connectivity index (χ2v) is 11.2. The van der Waals surface area contributed by atoms with Crippen molar-refractivity contribution in [2.24, 2.45) is 11.8 Å². The van der Waals surface area contributed by atoms with Crippen LogP contribution in [-0.4, -0.2) is 85.9 Å². The van der Waals surface area contributed by atoms with Gasteiger partial charge in [-0.1, -0.05) is 6.42 Å². The molecule has 3 aliphatic rings. The van der Waals surface area contributed by atoms with Crippen molar-refractivity contribution in [3.05, 3.63) is 0 Å². The molecule has 0 aromatic carbocycles. The van der Waals surface area contributed by atoms with E-state index in [1.165, 1.54) is 13.8 Å². The van der Waals surface area contributed by atoms with E-state index < -0.39 is 36.3 Å². The molecular weight excluding hydrogens is 520 g/mol. The minimum absolute atomic E-state index is 0.0757. The molecule has 0 bridgehead atoms. The van der Waals surface area contributed by atoms with Gasteiger partial charge in [0.2, 0.25) is 24.0 Å². The normalized spacial score (nSPS) is 21.9. The summed E-state index contributed by atoms with van der Waals surface area (Å²) in [4.78, 5) is 64.0. The van der Waals surface area contributed by atoms with Gasteiger partial charge < -0.3 is 35.1 Å². The van der Waals surface area contributed by atoms with Gasteiger partial charge in [-0.25, -0.2) is 9.59 Å². The fraction of sp³-hybridized carbons (Fsp3) is 0.821. The van der Waals surface area contributed by atoms with E-state index in [0.717, 1.165) is 70.9 Å². The smallest absolute Gasteiger partial charge is 0.431 e. The van der Waals surface area contributed by atoms with Gasteiger partial charge in [0.25, 0.3) is 0 Å². The summed E-state index contributed by atoms with van der Waals surface area (Å²) in [7, 11) is 0. The lowest BCUT2D eigenvalue weighted by atomic mass is 9.92. The lowest BCUT2D eigenvalue weighted by Gasteiger charge is -2.33. The van der Waals surface area contributed by atoms with Gasteiger partial charge in [-0.3, -0.25) is 14.4 Å². The Morgan fingerprint density at radius 2 is 1.68 bits per heavy atom. The third-order valence-electron chi connectivity index (χ3n) is 7.87. The highest BCUT2D eigenvalue weighted by molar-refractivity contribution is 5.85. The van der Waals surface area contributed by atoms with Gasteiger partial charge in [0, 0.05) is 39.9 Å². The first-order valence-corrected chi connectivity index (χ1v) is 14.8. The predicted molar refractivity (Wildman–Crippen MR) is 145 cm³/mol. The zero-order chi connectivity index (χ0) is 28.9. The largest absolute Gasteiger partial charge is 0.511 e. The summed E-state index contributed by atoms with van der Waals surface area (Å²) in [5.41, 5.74) is 0. The van der Waals surface area contributed by atoms with E-state index in [4.69, 9.17) is 14.2 Å². The molecule has 1 saturated carbocycles. The zero-order valence-corrected chi connectivity index (χ0v) is 23.9. The molecular formula is C28H46N4O8. The van der Waals surface area contributed by atoms with Gasteiger partial charge >= 0.3 is 12.1 Å². The average molecular weight is 567 g/mol. The Labute approximate surface area is 236 Å². The van der Waals surface area contributed by atoms with E-state index in [1.807, 2.05) is 0 Å². The van der Waals surface area contributed by atoms with E-state index in [1.54, 1.807) is 4.90 Å². The Kier molecular flexibility index (Phi) is 13.0. The third-order valence-corrected chi connectivity index (χ3v) is 7.87. The van der Waals surface area contributed by atoms with Crippen LogP contribution in [0.2, 0.25) is 0 Å². The number of esters is 1. The molecule has 0 spiro atoms. The molecule has 2 aliphatic heterocycles. The summed E-state index contributed by atoms with van der Waals surface area (Å²) < 4.78 is 15.5. The first-order valence-electron chi connectivity index (χ1n) is 14.8. The van der Waals surface area contributed by atoms with Gasteiger partial charge in [-0.15, -0.1) is 0 Å². The number of likely N-dealkylation sites (tertiary alicyclic amines) is 1. The number of carbonyl (C=O) groups is 5. The monoisotopic (exact) mass is 566 g/mol. The number of nitrogens with one attached hydrogen (secondary N) is 3. The lowest BCUT2D eigenvalue weighted by molar-refractivity contribution is -0.172. The molecule has 2 heterocycles. The fourth-order valence-electron chi connectivity index (χ4n) is 5.61. The Morgan fingerprint density at radius 1 is 0.950 bits per heavy atom. The zero-order valence-electron chi connectivity index (χ0n) is 23.9. The van der Waals surface area contributed by atoms with Crippen LogP contribution in [0.15, 0.2) is 0 Å². The Morgan fingerprint density at radius 3 is 2.38 bits per heavy atom. The lowest BCUT2D eigenvalue weighted by Crippen LogP contribution is -2.52. The van der Waals surface area contributed by atoms with Gasteiger partial charge in [0.05, 0.1) is 5.92 Å². The van der Waals surface area contributed by atoms with Crippen LogP contribution in [0, 0.1) is 11.8 Å². The van der Waals surface area contributed by atoms with Crippen molar-refractivity contribution in [3.63, 3.8) is 0 Å². The molecule has 0 radical (unpaired) electrons. The van der Waals surface area contributed by atoms with Crippen LogP contribution < -0.4 is 16.0 Å². The van der Waals surface area contributed by atoms with Gasteiger partial charge in [0.15, 0.2) is 0 Å². The first-order chi connectivity index (χ1) is 19.2. The van der Waals surface area contributed by atoms with Crippen molar-refractivity contribution in [1.82, 2.24) is 20.9 Å². The number of amides is 3.